The van der Waals surface area contributed by atoms with E-state index in [-0.39, 0.29) is 23.1 Å². The van der Waals surface area contributed by atoms with Crippen molar-refractivity contribution in [3.8, 4) is 0 Å². The molecule has 0 saturated carbocycles. The molecule has 0 amide bonds. The third kappa shape index (κ3) is 2.95. The van der Waals surface area contributed by atoms with E-state index in [1.165, 1.54) is 13.0 Å². The minimum Gasteiger partial charge on any atom is -0.393 e. The summed E-state index contributed by atoms with van der Waals surface area (Å²) >= 11 is 0. The van der Waals surface area contributed by atoms with Gasteiger partial charge in [-0.15, -0.1) is 0 Å². The molecule has 0 bridgehead atoms. The summed E-state index contributed by atoms with van der Waals surface area (Å²) in [5, 5.41) is 25.2. The number of aryl methyl sites for hydroxylation is 1. The molecule has 20 heavy (non-hydrogen) atoms. The van der Waals surface area contributed by atoms with Crippen molar-refractivity contribution in [3.63, 3.8) is 0 Å². The van der Waals surface area contributed by atoms with Gasteiger partial charge in [-0.1, -0.05) is 13.8 Å². The molecule has 8 nitrogen and oxygen atoms in total. The van der Waals surface area contributed by atoms with Crippen LogP contribution in [0.25, 0.3) is 0 Å². The first-order valence-corrected chi connectivity index (χ1v) is 6.31. The fourth-order valence-electron chi connectivity index (χ4n) is 1.97. The van der Waals surface area contributed by atoms with Crippen LogP contribution in [0.5, 0.6) is 0 Å². The first-order valence-electron chi connectivity index (χ1n) is 6.31. The van der Waals surface area contributed by atoms with Gasteiger partial charge in [0.1, 0.15) is 5.69 Å². The van der Waals surface area contributed by atoms with Crippen LogP contribution in [-0.2, 0) is 0 Å². The highest BCUT2D eigenvalue weighted by molar-refractivity contribution is 5.84. The van der Waals surface area contributed by atoms with Gasteiger partial charge < -0.3 is 11.1 Å². The van der Waals surface area contributed by atoms with Gasteiger partial charge in [0, 0.05) is 12.1 Å². The van der Waals surface area contributed by atoms with Crippen molar-refractivity contribution in [2.24, 2.45) is 0 Å². The number of nitrogens with two attached hydrogens (primary N) is 1. The van der Waals surface area contributed by atoms with Crippen molar-refractivity contribution in [3.05, 3.63) is 31.9 Å². The van der Waals surface area contributed by atoms with Gasteiger partial charge in [0.2, 0.25) is 0 Å². The Morgan fingerprint density at radius 3 is 2.20 bits per heavy atom. The fourth-order valence-corrected chi connectivity index (χ4v) is 1.97. The lowest BCUT2D eigenvalue weighted by atomic mass is 10.1. The highest BCUT2D eigenvalue weighted by atomic mass is 16.6. The standard InChI is InChI=1S/C12H18N4O4/c1-4-8(5-2)14-11-9(15(17)18)6-7(3)10(13)12(11)16(19)20/h6,8,14H,4-5,13H2,1-3H3. The SMILES string of the molecule is CCC(CC)Nc1c([N+](=O)[O-])cc(C)c(N)c1[N+](=O)[O-]. The van der Waals surface area contributed by atoms with Crippen molar-refractivity contribution in [2.75, 3.05) is 11.1 Å². The van der Waals surface area contributed by atoms with Gasteiger partial charge in [0.25, 0.3) is 5.69 Å². The van der Waals surface area contributed by atoms with Crippen LogP contribution in [0.15, 0.2) is 6.07 Å². The number of hydrogen-bond acceptors (Lipinski definition) is 6. The summed E-state index contributed by atoms with van der Waals surface area (Å²) in [5.41, 5.74) is 5.11. The fraction of sp³-hybridized carbons (Fsp3) is 0.500. The lowest BCUT2D eigenvalue weighted by Gasteiger charge is -2.17. The summed E-state index contributed by atoms with van der Waals surface area (Å²) in [6.45, 7) is 5.31. The van der Waals surface area contributed by atoms with E-state index in [0.717, 1.165) is 0 Å². The first-order chi connectivity index (χ1) is 9.33. The molecule has 1 rings (SSSR count). The summed E-state index contributed by atoms with van der Waals surface area (Å²) in [6.07, 6.45) is 1.39. The summed E-state index contributed by atoms with van der Waals surface area (Å²) in [7, 11) is 0. The van der Waals surface area contributed by atoms with Gasteiger partial charge in [0.05, 0.1) is 9.85 Å². The summed E-state index contributed by atoms with van der Waals surface area (Å²) in [4.78, 5) is 21.0. The van der Waals surface area contributed by atoms with E-state index >= 15 is 0 Å². The van der Waals surface area contributed by atoms with Crippen molar-refractivity contribution in [1.29, 1.82) is 0 Å². The Bertz CT molecular complexity index is 541. The Balaban J connectivity index is 3.54. The topological polar surface area (TPSA) is 124 Å². The normalized spacial score (nSPS) is 10.6. The maximum absolute atomic E-state index is 11.2. The molecular weight excluding hydrogens is 264 g/mol. The molecule has 0 aliphatic heterocycles. The second-order valence-electron chi connectivity index (χ2n) is 4.52. The number of nitrogens with one attached hydrogen (secondary N) is 1. The van der Waals surface area contributed by atoms with E-state index in [1.54, 1.807) is 0 Å². The molecule has 0 saturated heterocycles. The highest BCUT2D eigenvalue weighted by Crippen LogP contribution is 2.41. The summed E-state index contributed by atoms with van der Waals surface area (Å²) < 4.78 is 0. The quantitative estimate of drug-likeness (QED) is 0.469. The smallest absolute Gasteiger partial charge is 0.322 e. The summed E-state index contributed by atoms with van der Waals surface area (Å²) in [5.74, 6) is 0. The Hall–Kier alpha value is -2.38. The lowest BCUT2D eigenvalue weighted by molar-refractivity contribution is -0.391. The van der Waals surface area contributed by atoms with E-state index in [4.69, 9.17) is 5.73 Å². The first kappa shape index (κ1) is 15.7. The second kappa shape index (κ2) is 6.18. The van der Waals surface area contributed by atoms with Crippen LogP contribution in [0.2, 0.25) is 0 Å². The number of nitrogens with zero attached hydrogens (tertiary/aromatic N) is 2. The maximum Gasteiger partial charge on any atom is 0.322 e. The van der Waals surface area contributed by atoms with Crippen LogP contribution < -0.4 is 11.1 Å². The predicted molar refractivity (Wildman–Crippen MR) is 76.9 cm³/mol. The number of hydrogen-bond donors (Lipinski definition) is 2. The van der Waals surface area contributed by atoms with Crippen LogP contribution in [0.1, 0.15) is 32.3 Å². The molecule has 0 fully saturated rings. The molecule has 1 aromatic carbocycles. The number of nitro benzene ring substituents is 2. The molecule has 110 valence electrons. The Labute approximate surface area is 116 Å². The van der Waals surface area contributed by atoms with Crippen LogP contribution in [-0.4, -0.2) is 15.9 Å². The van der Waals surface area contributed by atoms with Gasteiger partial charge in [-0.05, 0) is 25.3 Å². The van der Waals surface area contributed by atoms with Gasteiger partial charge in [-0.25, -0.2) is 0 Å². The van der Waals surface area contributed by atoms with E-state index in [9.17, 15) is 20.2 Å². The molecule has 1 aromatic rings. The molecule has 3 N–H and O–H groups in total. The zero-order chi connectivity index (χ0) is 15.4. The Kier molecular flexibility index (Phi) is 4.84. The van der Waals surface area contributed by atoms with Crippen molar-refractivity contribution in [1.82, 2.24) is 0 Å². The average molecular weight is 282 g/mol. The minimum atomic E-state index is -0.681. The monoisotopic (exact) mass is 282 g/mol. The number of nitrogen functional groups attached to an aromatic ring is 1. The van der Waals surface area contributed by atoms with Crippen LogP contribution >= 0.6 is 0 Å². The number of benzene rings is 1. The van der Waals surface area contributed by atoms with E-state index < -0.39 is 15.5 Å². The molecular formula is C12H18N4O4. The van der Waals surface area contributed by atoms with E-state index in [2.05, 4.69) is 5.32 Å². The van der Waals surface area contributed by atoms with Gasteiger partial charge in [-0.2, -0.15) is 0 Å². The zero-order valence-electron chi connectivity index (χ0n) is 11.7. The predicted octanol–water partition coefficient (Wildman–Crippen LogP) is 2.99. The van der Waals surface area contributed by atoms with E-state index in [0.29, 0.717) is 18.4 Å². The number of rotatable bonds is 6. The van der Waals surface area contributed by atoms with Crippen molar-refractivity contribution in [2.45, 2.75) is 39.7 Å². The van der Waals surface area contributed by atoms with Gasteiger partial charge in [-0.3, -0.25) is 20.2 Å². The largest absolute Gasteiger partial charge is 0.393 e. The van der Waals surface area contributed by atoms with Crippen LogP contribution in [0.3, 0.4) is 0 Å². The molecule has 0 aromatic heterocycles. The number of nitro groups is 2. The molecule has 0 heterocycles. The van der Waals surface area contributed by atoms with Crippen LogP contribution in [0, 0.1) is 27.2 Å². The third-order valence-electron chi connectivity index (χ3n) is 3.24. The van der Waals surface area contributed by atoms with E-state index in [1.807, 2.05) is 13.8 Å². The molecule has 0 atom stereocenters. The number of anilines is 2. The van der Waals surface area contributed by atoms with Crippen LogP contribution in [0.4, 0.5) is 22.7 Å². The molecule has 0 aliphatic rings. The maximum atomic E-state index is 11.2. The second-order valence-corrected chi connectivity index (χ2v) is 4.52. The Morgan fingerprint density at radius 1 is 1.25 bits per heavy atom. The molecule has 0 aliphatic carbocycles. The Morgan fingerprint density at radius 2 is 1.80 bits per heavy atom. The van der Waals surface area contributed by atoms with Gasteiger partial charge in [0.15, 0.2) is 5.69 Å². The van der Waals surface area contributed by atoms with Crippen molar-refractivity contribution < 1.29 is 9.85 Å². The summed E-state index contributed by atoms with van der Waals surface area (Å²) in [6, 6.07) is 1.17. The molecule has 0 radical (unpaired) electrons. The highest BCUT2D eigenvalue weighted by Gasteiger charge is 2.30. The van der Waals surface area contributed by atoms with Crippen molar-refractivity contribution >= 4 is 22.7 Å². The van der Waals surface area contributed by atoms with Gasteiger partial charge >= 0.3 is 5.69 Å². The third-order valence-corrected chi connectivity index (χ3v) is 3.24. The molecule has 0 spiro atoms. The molecule has 0 unspecified atom stereocenters. The average Bonchev–Trinajstić information content (AvgIpc) is 2.38. The zero-order valence-corrected chi connectivity index (χ0v) is 11.7. The minimum absolute atomic E-state index is 0.0472. The lowest BCUT2D eigenvalue weighted by Crippen LogP contribution is -2.19. The molecule has 8 heteroatoms.